The number of amides is 1. The molecule has 0 saturated heterocycles. The maximum Gasteiger partial charge on any atom is 0.265 e. The Labute approximate surface area is 137 Å². The number of nitrogens with one attached hydrogen (secondary N) is 1. The molecule has 1 heterocycles. The van der Waals surface area contributed by atoms with E-state index in [1.54, 1.807) is 0 Å². The molecule has 0 unspecified atom stereocenters. The summed E-state index contributed by atoms with van der Waals surface area (Å²) >= 11 is 0. The summed E-state index contributed by atoms with van der Waals surface area (Å²) in [7, 11) is 0. The van der Waals surface area contributed by atoms with Crippen LogP contribution >= 0.6 is 0 Å². The van der Waals surface area contributed by atoms with Crippen LogP contribution in [0.2, 0.25) is 0 Å². The number of rotatable bonds is 5. The van der Waals surface area contributed by atoms with Gasteiger partial charge in [-0.3, -0.25) is 4.79 Å². The van der Waals surface area contributed by atoms with Crippen LogP contribution in [0.5, 0.6) is 5.75 Å². The molecule has 0 atom stereocenters. The molecule has 120 valence electrons. The van der Waals surface area contributed by atoms with Crippen molar-refractivity contribution in [2.45, 2.75) is 26.8 Å². The number of carbonyl (C=O) groups excluding carboxylic acids is 1. The van der Waals surface area contributed by atoms with E-state index in [0.29, 0.717) is 0 Å². The fourth-order valence-corrected chi connectivity index (χ4v) is 2.81. The van der Waals surface area contributed by atoms with Crippen LogP contribution in [0.15, 0.2) is 42.5 Å². The van der Waals surface area contributed by atoms with Gasteiger partial charge in [-0.1, -0.05) is 36.8 Å². The second-order valence-corrected chi connectivity index (χ2v) is 5.86. The van der Waals surface area contributed by atoms with Crippen molar-refractivity contribution in [2.24, 2.45) is 0 Å². The van der Waals surface area contributed by atoms with E-state index in [0.717, 1.165) is 36.6 Å². The lowest BCUT2D eigenvalue weighted by Gasteiger charge is -2.29. The smallest absolute Gasteiger partial charge is 0.265 e. The van der Waals surface area contributed by atoms with E-state index in [4.69, 9.17) is 4.74 Å². The molecule has 0 fully saturated rings. The van der Waals surface area contributed by atoms with E-state index in [1.165, 1.54) is 11.1 Å². The van der Waals surface area contributed by atoms with E-state index < -0.39 is 0 Å². The number of hydrogen-bond acceptors (Lipinski definition) is 3. The molecule has 3 rings (SSSR count). The van der Waals surface area contributed by atoms with E-state index >= 15 is 0 Å². The Balaban J connectivity index is 1.74. The SMILES string of the molecule is CCCN1C(=O)COc2cc(NCc3cccc(C)c3)ccc21. The van der Waals surface area contributed by atoms with Gasteiger partial charge >= 0.3 is 0 Å². The predicted molar refractivity (Wildman–Crippen MR) is 93.1 cm³/mol. The molecule has 0 saturated carbocycles. The van der Waals surface area contributed by atoms with E-state index in [-0.39, 0.29) is 12.5 Å². The highest BCUT2D eigenvalue weighted by atomic mass is 16.5. The molecule has 1 N–H and O–H groups in total. The van der Waals surface area contributed by atoms with Crippen molar-refractivity contribution >= 4 is 17.3 Å². The Kier molecular flexibility index (Phi) is 4.51. The van der Waals surface area contributed by atoms with Crippen molar-refractivity contribution < 1.29 is 9.53 Å². The molecular formula is C19H22N2O2. The first kappa shape index (κ1) is 15.4. The first-order valence-electron chi connectivity index (χ1n) is 8.04. The molecule has 0 radical (unpaired) electrons. The van der Waals surface area contributed by atoms with Crippen LogP contribution in [0.1, 0.15) is 24.5 Å². The van der Waals surface area contributed by atoms with Crippen molar-refractivity contribution in [2.75, 3.05) is 23.4 Å². The normalized spacial score (nSPS) is 13.5. The lowest BCUT2D eigenvalue weighted by molar-refractivity contribution is -0.121. The Morgan fingerprint density at radius 1 is 1.22 bits per heavy atom. The third-order valence-corrected chi connectivity index (χ3v) is 3.93. The van der Waals surface area contributed by atoms with E-state index in [9.17, 15) is 4.79 Å². The van der Waals surface area contributed by atoms with Gasteiger partial charge in [0.2, 0.25) is 0 Å². The highest BCUT2D eigenvalue weighted by Crippen LogP contribution is 2.34. The molecule has 0 aliphatic carbocycles. The lowest BCUT2D eigenvalue weighted by Crippen LogP contribution is -2.39. The first-order chi connectivity index (χ1) is 11.2. The minimum absolute atomic E-state index is 0.0276. The average Bonchev–Trinajstić information content (AvgIpc) is 2.56. The second-order valence-electron chi connectivity index (χ2n) is 5.86. The third kappa shape index (κ3) is 3.47. The minimum atomic E-state index is 0.0276. The second kappa shape index (κ2) is 6.73. The molecule has 0 spiro atoms. The fraction of sp³-hybridized carbons (Fsp3) is 0.316. The largest absolute Gasteiger partial charge is 0.481 e. The number of benzene rings is 2. The van der Waals surface area contributed by atoms with Gasteiger partial charge in [-0.25, -0.2) is 0 Å². The molecule has 1 aliphatic heterocycles. The number of fused-ring (bicyclic) bond motifs is 1. The standard InChI is InChI=1S/C19H22N2O2/c1-3-9-21-17-8-7-16(11-18(17)23-13-19(21)22)20-12-15-6-4-5-14(2)10-15/h4-8,10-11,20H,3,9,12-13H2,1-2H3. The van der Waals surface area contributed by atoms with Crippen LogP contribution in [0.4, 0.5) is 11.4 Å². The first-order valence-corrected chi connectivity index (χ1v) is 8.04. The van der Waals surface area contributed by atoms with Crippen LogP contribution in [0, 0.1) is 6.92 Å². The summed E-state index contributed by atoms with van der Waals surface area (Å²) in [4.78, 5) is 13.8. The highest BCUT2D eigenvalue weighted by Gasteiger charge is 2.24. The van der Waals surface area contributed by atoms with Gasteiger partial charge in [0.15, 0.2) is 6.61 Å². The van der Waals surface area contributed by atoms with Gasteiger partial charge in [0.1, 0.15) is 5.75 Å². The number of nitrogens with zero attached hydrogens (tertiary/aromatic N) is 1. The van der Waals surface area contributed by atoms with Crippen LogP contribution in [-0.4, -0.2) is 19.1 Å². The maximum absolute atomic E-state index is 12.0. The fourth-order valence-electron chi connectivity index (χ4n) is 2.81. The van der Waals surface area contributed by atoms with Gasteiger partial charge in [0.25, 0.3) is 5.91 Å². The maximum atomic E-state index is 12.0. The average molecular weight is 310 g/mol. The van der Waals surface area contributed by atoms with Crippen molar-refractivity contribution in [3.63, 3.8) is 0 Å². The van der Waals surface area contributed by atoms with Crippen molar-refractivity contribution in [1.82, 2.24) is 0 Å². The molecule has 1 aliphatic rings. The molecule has 1 amide bonds. The molecule has 0 bridgehead atoms. The number of hydrogen-bond donors (Lipinski definition) is 1. The zero-order valence-electron chi connectivity index (χ0n) is 13.6. The van der Waals surface area contributed by atoms with E-state index in [2.05, 4.69) is 43.4 Å². The molecule has 2 aromatic rings. The zero-order valence-corrected chi connectivity index (χ0v) is 13.6. The monoisotopic (exact) mass is 310 g/mol. The summed E-state index contributed by atoms with van der Waals surface area (Å²) in [5.41, 5.74) is 4.36. The van der Waals surface area contributed by atoms with E-state index in [1.807, 2.05) is 23.1 Å². The topological polar surface area (TPSA) is 41.6 Å². The lowest BCUT2D eigenvalue weighted by atomic mass is 10.1. The summed E-state index contributed by atoms with van der Waals surface area (Å²) in [6, 6.07) is 14.4. The third-order valence-electron chi connectivity index (χ3n) is 3.93. The van der Waals surface area contributed by atoms with Gasteiger partial charge in [0, 0.05) is 24.8 Å². The summed E-state index contributed by atoms with van der Waals surface area (Å²) in [6.07, 6.45) is 0.929. The summed E-state index contributed by atoms with van der Waals surface area (Å²) in [5, 5.41) is 3.41. The van der Waals surface area contributed by atoms with Gasteiger partial charge < -0.3 is 15.0 Å². The quantitative estimate of drug-likeness (QED) is 0.914. The Hall–Kier alpha value is -2.49. The minimum Gasteiger partial charge on any atom is -0.481 e. The molecule has 23 heavy (non-hydrogen) atoms. The highest BCUT2D eigenvalue weighted by molar-refractivity contribution is 5.98. The van der Waals surface area contributed by atoms with Gasteiger partial charge in [-0.15, -0.1) is 0 Å². The Morgan fingerprint density at radius 2 is 2.09 bits per heavy atom. The number of ether oxygens (including phenoxy) is 1. The van der Waals surface area contributed by atoms with Crippen LogP contribution in [0.3, 0.4) is 0 Å². The molecular weight excluding hydrogens is 288 g/mol. The van der Waals surface area contributed by atoms with Gasteiger partial charge in [0.05, 0.1) is 5.69 Å². The van der Waals surface area contributed by atoms with Crippen LogP contribution in [-0.2, 0) is 11.3 Å². The van der Waals surface area contributed by atoms with Gasteiger partial charge in [-0.2, -0.15) is 0 Å². The number of anilines is 2. The zero-order chi connectivity index (χ0) is 16.2. The molecule has 2 aromatic carbocycles. The predicted octanol–water partition coefficient (Wildman–Crippen LogP) is 3.74. The van der Waals surface area contributed by atoms with Gasteiger partial charge in [-0.05, 0) is 31.0 Å². The number of carbonyl (C=O) groups is 1. The van der Waals surface area contributed by atoms with Crippen LogP contribution < -0.4 is 15.0 Å². The Morgan fingerprint density at radius 3 is 2.87 bits per heavy atom. The molecule has 4 heteroatoms. The Bertz CT molecular complexity index is 712. The number of aryl methyl sites for hydroxylation is 1. The van der Waals surface area contributed by atoms with Crippen molar-refractivity contribution in [3.05, 3.63) is 53.6 Å². The molecule has 0 aromatic heterocycles. The summed E-state index contributed by atoms with van der Waals surface area (Å²) in [6.45, 7) is 5.77. The van der Waals surface area contributed by atoms with Crippen molar-refractivity contribution in [3.8, 4) is 5.75 Å². The summed E-state index contributed by atoms with van der Waals surface area (Å²) in [5.74, 6) is 0.798. The summed E-state index contributed by atoms with van der Waals surface area (Å²) < 4.78 is 5.59. The van der Waals surface area contributed by atoms with Crippen molar-refractivity contribution in [1.29, 1.82) is 0 Å². The molecule has 4 nitrogen and oxygen atoms in total. The van der Waals surface area contributed by atoms with Crippen LogP contribution in [0.25, 0.3) is 0 Å².